The molecule has 0 saturated heterocycles. The minimum Gasteiger partial charge on any atom is -0.356 e. The quantitative estimate of drug-likeness (QED) is 0.772. The Balaban J connectivity index is 1.73. The van der Waals surface area contributed by atoms with E-state index >= 15 is 0 Å². The lowest BCUT2D eigenvalue weighted by molar-refractivity contribution is -0.116. The minimum atomic E-state index is -0.202. The van der Waals surface area contributed by atoms with E-state index in [1.807, 2.05) is 25.1 Å². The van der Waals surface area contributed by atoms with Crippen LogP contribution in [0.4, 0.5) is 11.4 Å². The molecule has 0 atom stereocenters. The van der Waals surface area contributed by atoms with Gasteiger partial charge in [-0.05, 0) is 37.3 Å². The first kappa shape index (κ1) is 15.7. The van der Waals surface area contributed by atoms with Gasteiger partial charge in [-0.1, -0.05) is 22.9 Å². The molecule has 0 radical (unpaired) electrons. The fraction of sp³-hybridized carbons (Fsp3) is 0.167. The Bertz CT molecular complexity index is 915. The van der Waals surface area contributed by atoms with Crippen LogP contribution in [0.25, 0.3) is 11.0 Å². The van der Waals surface area contributed by atoms with Crippen LogP contribution < -0.4 is 10.6 Å². The maximum absolute atomic E-state index is 12.3. The van der Waals surface area contributed by atoms with Crippen molar-refractivity contribution < 1.29 is 14.1 Å². The van der Waals surface area contributed by atoms with Crippen molar-refractivity contribution in [2.75, 3.05) is 10.6 Å². The largest absolute Gasteiger partial charge is 0.356 e. The van der Waals surface area contributed by atoms with Crippen LogP contribution in [-0.4, -0.2) is 17.0 Å². The zero-order chi connectivity index (χ0) is 17.1. The fourth-order valence-electron chi connectivity index (χ4n) is 2.47. The molecule has 0 aliphatic carbocycles. The summed E-state index contributed by atoms with van der Waals surface area (Å²) in [5.41, 5.74) is 3.58. The number of nitrogens with zero attached hydrogens (tertiary/aromatic N) is 1. The number of amides is 2. The number of fused-ring (bicyclic) bond motifs is 1. The van der Waals surface area contributed by atoms with E-state index in [-0.39, 0.29) is 18.2 Å². The van der Waals surface area contributed by atoms with Gasteiger partial charge in [0.05, 0.1) is 6.42 Å². The summed E-state index contributed by atoms with van der Waals surface area (Å²) in [6.45, 7) is 3.41. The van der Waals surface area contributed by atoms with E-state index in [4.69, 9.17) is 4.52 Å². The van der Waals surface area contributed by atoms with Gasteiger partial charge in [-0.25, -0.2) is 0 Å². The first-order valence-corrected chi connectivity index (χ1v) is 7.54. The summed E-state index contributed by atoms with van der Waals surface area (Å²) in [6.07, 6.45) is 0.112. The second-order valence-corrected chi connectivity index (χ2v) is 5.62. The number of aryl methyl sites for hydroxylation is 1. The van der Waals surface area contributed by atoms with Gasteiger partial charge in [-0.2, -0.15) is 0 Å². The molecule has 3 rings (SSSR count). The third kappa shape index (κ3) is 3.60. The van der Waals surface area contributed by atoms with E-state index < -0.39 is 0 Å². The molecular weight excluding hydrogens is 306 g/mol. The standard InChI is InChI=1S/C18H17N3O3/c1-11-6-7-17-15(8-11)16(21-24-17)10-18(23)20-14-5-3-4-13(9-14)19-12(2)22/h3-9H,10H2,1-2H3,(H,19,22)(H,20,23). The van der Waals surface area contributed by atoms with Gasteiger partial charge >= 0.3 is 0 Å². The van der Waals surface area contributed by atoms with Crippen molar-refractivity contribution in [1.82, 2.24) is 5.16 Å². The van der Waals surface area contributed by atoms with Crippen LogP contribution in [0.1, 0.15) is 18.2 Å². The van der Waals surface area contributed by atoms with Crippen LogP contribution in [0.15, 0.2) is 47.0 Å². The molecule has 1 aromatic heterocycles. The second-order valence-electron chi connectivity index (χ2n) is 5.62. The number of nitrogens with one attached hydrogen (secondary N) is 2. The lowest BCUT2D eigenvalue weighted by Crippen LogP contribution is -2.15. The molecule has 2 N–H and O–H groups in total. The average molecular weight is 323 g/mol. The molecule has 0 aliphatic heterocycles. The van der Waals surface area contributed by atoms with Gasteiger partial charge in [0.1, 0.15) is 5.69 Å². The molecule has 24 heavy (non-hydrogen) atoms. The molecule has 122 valence electrons. The highest BCUT2D eigenvalue weighted by Crippen LogP contribution is 2.21. The van der Waals surface area contributed by atoms with Crippen LogP contribution in [0.2, 0.25) is 0 Å². The normalized spacial score (nSPS) is 10.6. The lowest BCUT2D eigenvalue weighted by atomic mass is 10.1. The molecule has 2 amide bonds. The number of benzene rings is 2. The topological polar surface area (TPSA) is 84.2 Å². The zero-order valence-electron chi connectivity index (χ0n) is 13.4. The summed E-state index contributed by atoms with van der Waals surface area (Å²) < 4.78 is 5.24. The number of rotatable bonds is 4. The molecule has 1 heterocycles. The van der Waals surface area contributed by atoms with Crippen molar-refractivity contribution in [3.63, 3.8) is 0 Å². The van der Waals surface area contributed by atoms with Gasteiger partial charge in [0, 0.05) is 23.7 Å². The lowest BCUT2D eigenvalue weighted by Gasteiger charge is -2.07. The van der Waals surface area contributed by atoms with Crippen LogP contribution in [0.3, 0.4) is 0 Å². The summed E-state index contributed by atoms with van der Waals surface area (Å²) >= 11 is 0. The molecule has 0 aliphatic rings. The maximum Gasteiger partial charge on any atom is 0.230 e. The van der Waals surface area contributed by atoms with Crippen molar-refractivity contribution in [2.24, 2.45) is 0 Å². The smallest absolute Gasteiger partial charge is 0.230 e. The predicted molar refractivity (Wildman–Crippen MR) is 91.8 cm³/mol. The molecular formula is C18H17N3O3. The molecule has 2 aromatic carbocycles. The minimum absolute atomic E-state index is 0.112. The number of hydrogen-bond acceptors (Lipinski definition) is 4. The number of hydrogen-bond donors (Lipinski definition) is 2. The monoisotopic (exact) mass is 323 g/mol. The Labute approximate surface area is 138 Å². The van der Waals surface area contributed by atoms with Gasteiger partial charge < -0.3 is 15.2 Å². The maximum atomic E-state index is 12.3. The summed E-state index contributed by atoms with van der Waals surface area (Å²) in [7, 11) is 0. The summed E-state index contributed by atoms with van der Waals surface area (Å²) in [5.74, 6) is -0.366. The number of carbonyl (C=O) groups is 2. The van der Waals surface area contributed by atoms with Crippen molar-refractivity contribution in [2.45, 2.75) is 20.3 Å². The van der Waals surface area contributed by atoms with E-state index in [9.17, 15) is 9.59 Å². The third-order valence-corrected chi connectivity index (χ3v) is 3.49. The first-order valence-electron chi connectivity index (χ1n) is 7.54. The van der Waals surface area contributed by atoms with Crippen LogP contribution in [0, 0.1) is 6.92 Å². The highest BCUT2D eigenvalue weighted by atomic mass is 16.5. The van der Waals surface area contributed by atoms with E-state index in [1.54, 1.807) is 24.3 Å². The van der Waals surface area contributed by atoms with Gasteiger partial charge in [0.25, 0.3) is 0 Å². The number of aromatic nitrogens is 1. The van der Waals surface area contributed by atoms with Crippen LogP contribution >= 0.6 is 0 Å². The molecule has 0 fully saturated rings. The summed E-state index contributed by atoms with van der Waals surface area (Å²) in [4.78, 5) is 23.4. The van der Waals surface area contributed by atoms with Gasteiger partial charge in [0.2, 0.25) is 11.8 Å². The highest BCUT2D eigenvalue weighted by molar-refractivity contribution is 5.96. The Morgan fingerprint density at radius 3 is 2.58 bits per heavy atom. The molecule has 0 saturated carbocycles. The summed E-state index contributed by atoms with van der Waals surface area (Å²) in [6, 6.07) is 12.7. The van der Waals surface area contributed by atoms with Gasteiger partial charge in [-0.15, -0.1) is 0 Å². The fourth-order valence-corrected chi connectivity index (χ4v) is 2.47. The van der Waals surface area contributed by atoms with E-state index in [1.165, 1.54) is 6.92 Å². The summed E-state index contributed by atoms with van der Waals surface area (Å²) in [5, 5.41) is 10.3. The molecule has 0 bridgehead atoms. The van der Waals surface area contributed by atoms with Crippen LogP contribution in [0.5, 0.6) is 0 Å². The zero-order valence-corrected chi connectivity index (χ0v) is 13.4. The van der Waals surface area contributed by atoms with Gasteiger partial charge in [-0.3, -0.25) is 9.59 Å². The van der Waals surface area contributed by atoms with Crippen molar-refractivity contribution >= 4 is 34.2 Å². The molecule has 3 aromatic rings. The van der Waals surface area contributed by atoms with E-state index in [0.29, 0.717) is 22.7 Å². The van der Waals surface area contributed by atoms with Crippen molar-refractivity contribution in [3.05, 3.63) is 53.7 Å². The van der Waals surface area contributed by atoms with Crippen molar-refractivity contribution in [1.29, 1.82) is 0 Å². The Morgan fingerprint density at radius 1 is 1.08 bits per heavy atom. The second kappa shape index (κ2) is 6.54. The Kier molecular flexibility index (Phi) is 4.29. The SMILES string of the molecule is CC(=O)Nc1cccc(NC(=O)Cc2noc3ccc(C)cc23)c1. The Morgan fingerprint density at radius 2 is 1.83 bits per heavy atom. The average Bonchev–Trinajstić information content (AvgIpc) is 2.89. The molecule has 0 unspecified atom stereocenters. The molecule has 6 nitrogen and oxygen atoms in total. The molecule has 0 spiro atoms. The number of carbonyl (C=O) groups excluding carboxylic acids is 2. The first-order chi connectivity index (χ1) is 11.5. The highest BCUT2D eigenvalue weighted by Gasteiger charge is 2.13. The van der Waals surface area contributed by atoms with E-state index in [0.717, 1.165) is 10.9 Å². The third-order valence-electron chi connectivity index (χ3n) is 3.49. The number of anilines is 2. The van der Waals surface area contributed by atoms with E-state index in [2.05, 4.69) is 15.8 Å². The van der Waals surface area contributed by atoms with Gasteiger partial charge in [0.15, 0.2) is 5.58 Å². The predicted octanol–water partition coefficient (Wildman–Crippen LogP) is 3.28. The van der Waals surface area contributed by atoms with Crippen LogP contribution in [-0.2, 0) is 16.0 Å². The molecule has 6 heteroatoms. The van der Waals surface area contributed by atoms with Crippen molar-refractivity contribution in [3.8, 4) is 0 Å². The Hall–Kier alpha value is -3.15.